The van der Waals surface area contributed by atoms with E-state index in [2.05, 4.69) is 21.3 Å². The lowest BCUT2D eigenvalue weighted by Gasteiger charge is -2.28. The second-order valence-corrected chi connectivity index (χ2v) is 21.2. The van der Waals surface area contributed by atoms with Crippen molar-refractivity contribution in [2.24, 2.45) is 23.7 Å². The van der Waals surface area contributed by atoms with Crippen molar-refractivity contribution in [3.05, 3.63) is 0 Å². The van der Waals surface area contributed by atoms with Gasteiger partial charge >= 0.3 is 17.9 Å². The second kappa shape index (κ2) is 47.3. The van der Waals surface area contributed by atoms with Crippen molar-refractivity contribution in [3.8, 4) is 0 Å². The quantitative estimate of drug-likeness (QED) is 0.0378. The summed E-state index contributed by atoms with van der Waals surface area (Å²) in [6.07, 6.45) is 18.7. The first-order chi connectivity index (χ1) is 37.5. The van der Waals surface area contributed by atoms with E-state index in [1.54, 1.807) is 6.92 Å². The Kier molecular flexibility index (Phi) is 43.3. The number of rotatable bonds is 53. The highest BCUT2D eigenvalue weighted by Gasteiger charge is 2.30. The van der Waals surface area contributed by atoms with Crippen LogP contribution in [0.2, 0.25) is 0 Å². The van der Waals surface area contributed by atoms with Crippen LogP contribution in [-0.2, 0) is 66.9 Å². The zero-order valence-electron chi connectivity index (χ0n) is 46.4. The number of unbranched alkanes of at least 4 members (excludes halogenated alkanes) is 11. The smallest absolute Gasteiger partial charge is 0.326 e. The van der Waals surface area contributed by atoms with Gasteiger partial charge in [0, 0.05) is 82.4 Å². The fraction of sp³-hybridized carbons (Fsp3) is 0.818. The van der Waals surface area contributed by atoms with Gasteiger partial charge in [-0.3, -0.25) is 43.2 Å². The molecule has 78 heavy (non-hydrogen) atoms. The highest BCUT2D eigenvalue weighted by molar-refractivity contribution is 7.99. The van der Waals surface area contributed by atoms with Gasteiger partial charge in [0.25, 0.3) is 0 Å². The maximum absolute atomic E-state index is 13.0. The van der Waals surface area contributed by atoms with Gasteiger partial charge in [0.2, 0.25) is 23.6 Å². The minimum Gasteiger partial charge on any atom is -0.481 e. The van der Waals surface area contributed by atoms with E-state index in [1.807, 2.05) is 0 Å². The predicted octanol–water partition coefficient (Wildman–Crippen LogP) is 4.82. The Labute approximate surface area is 465 Å². The van der Waals surface area contributed by atoms with Crippen LogP contribution in [0, 0.1) is 23.7 Å². The number of ketones is 3. The predicted molar refractivity (Wildman–Crippen MR) is 292 cm³/mol. The van der Waals surface area contributed by atoms with Crippen LogP contribution in [0.3, 0.4) is 0 Å². The van der Waals surface area contributed by atoms with E-state index in [4.69, 9.17) is 34.3 Å². The third-order valence-corrected chi connectivity index (χ3v) is 14.6. The molecule has 3 atom stereocenters. The summed E-state index contributed by atoms with van der Waals surface area (Å²) in [7, 11) is 0. The number of amides is 4. The van der Waals surface area contributed by atoms with Gasteiger partial charge in [-0.25, -0.2) is 4.79 Å². The topological polar surface area (TPSA) is 337 Å². The molecule has 23 heteroatoms. The molecule has 0 saturated heterocycles. The number of carbonyl (C=O) groups excluding carboxylic acids is 7. The number of hydrogen-bond acceptors (Lipinski definition) is 16. The second-order valence-electron chi connectivity index (χ2n) is 20.2. The third-order valence-electron chi connectivity index (χ3n) is 13.4. The summed E-state index contributed by atoms with van der Waals surface area (Å²) >= 11 is 1.22. The summed E-state index contributed by atoms with van der Waals surface area (Å²) in [4.78, 5) is 120. The van der Waals surface area contributed by atoms with Crippen molar-refractivity contribution >= 4 is 70.6 Å². The average molecular weight is 1130 g/mol. The summed E-state index contributed by atoms with van der Waals surface area (Å²) in [5.74, 6) is -5.76. The van der Waals surface area contributed by atoms with E-state index in [0.29, 0.717) is 56.2 Å². The minimum absolute atomic E-state index is 0.0616. The van der Waals surface area contributed by atoms with Gasteiger partial charge in [-0.05, 0) is 63.7 Å². The van der Waals surface area contributed by atoms with Crippen LogP contribution in [0.1, 0.15) is 167 Å². The van der Waals surface area contributed by atoms with Crippen molar-refractivity contribution in [2.45, 2.75) is 173 Å². The number of thioether (sulfide) groups is 1. The highest BCUT2D eigenvalue weighted by Crippen LogP contribution is 2.32. The van der Waals surface area contributed by atoms with Crippen molar-refractivity contribution in [3.63, 3.8) is 0 Å². The number of aliphatic hydroxyl groups is 1. The molecule has 0 aromatic rings. The number of carboxylic acids is 3. The van der Waals surface area contributed by atoms with E-state index < -0.39 is 42.4 Å². The van der Waals surface area contributed by atoms with Crippen molar-refractivity contribution in [1.82, 2.24) is 21.3 Å². The molecular formula is C55H94N4O18S. The standard InChI is InChI=1S/C55H94N4O18S/c1-41(48(63)35-44(36-60)54(70)71)39-78-40-51(66)57-27-26-56-50(65)38-77-34-31-74-29-14-16-46(62)37-76-33-32-75-30-28-58-49(64)25-24-47(55(72)73)59-53(69)43-21-18-42(19-22-43)20-23-45(61)15-12-10-8-6-4-2-3-5-7-9-11-13-17-52(67)68/h41-44,47,60H,2-40H2,1H3,(H,56,65)(H,57,66)(H,58,64)(H,59,69)(H,67,68)(H,70,71)(H,72,73)/t41-,42?,43?,44-,47-/m0/s1. The highest BCUT2D eigenvalue weighted by atomic mass is 32.2. The number of aliphatic carboxylic acids is 3. The molecule has 22 nitrogen and oxygen atoms in total. The Morgan fingerprint density at radius 1 is 0.538 bits per heavy atom. The molecule has 0 aromatic heterocycles. The fourth-order valence-corrected chi connectivity index (χ4v) is 9.52. The average Bonchev–Trinajstić information content (AvgIpc) is 3.41. The molecule has 0 aromatic carbocycles. The Balaban J connectivity index is 1.98. The number of carbonyl (C=O) groups is 10. The van der Waals surface area contributed by atoms with Crippen molar-refractivity contribution < 1.29 is 87.3 Å². The molecule has 4 amide bonds. The lowest BCUT2D eigenvalue weighted by atomic mass is 9.79. The minimum atomic E-state index is -1.24. The van der Waals surface area contributed by atoms with E-state index in [9.17, 15) is 53.1 Å². The lowest BCUT2D eigenvalue weighted by Crippen LogP contribution is -2.45. The third kappa shape index (κ3) is 40.6. The Morgan fingerprint density at radius 2 is 1.08 bits per heavy atom. The van der Waals surface area contributed by atoms with E-state index in [1.165, 1.54) is 50.3 Å². The molecule has 0 heterocycles. The SMILES string of the molecule is C[C@@H](CSCC(=O)NCCNC(=O)COCCOCCCC(=O)COCCOCCNC(=O)CC[C@H](NC(=O)C1CCC(CCC(=O)CCCCCCCCCCCCCCC(=O)O)CC1)C(=O)O)C(=O)C[C@@H](CO)C(=O)O. The number of Topliss-reactive ketones (excluding diaryl/α,β-unsaturated/α-hetero) is 3. The monoisotopic (exact) mass is 1130 g/mol. The molecule has 0 radical (unpaired) electrons. The van der Waals surface area contributed by atoms with Crippen LogP contribution in [0.4, 0.5) is 0 Å². The molecule has 8 N–H and O–H groups in total. The van der Waals surface area contributed by atoms with Gasteiger partial charge in [-0.1, -0.05) is 71.1 Å². The van der Waals surface area contributed by atoms with Crippen molar-refractivity contribution in [2.75, 3.05) is 90.6 Å². The summed E-state index contributed by atoms with van der Waals surface area (Å²) in [6, 6.07) is -1.19. The molecule has 448 valence electrons. The molecular weight excluding hydrogens is 1040 g/mol. The first kappa shape index (κ1) is 71.5. The number of carboxylic acid groups (broad SMARTS) is 3. The molecule has 1 fully saturated rings. The molecule has 1 aliphatic rings. The molecule has 0 spiro atoms. The summed E-state index contributed by atoms with van der Waals surface area (Å²) in [6.45, 7) is 2.50. The Bertz CT molecular complexity index is 1750. The van der Waals surface area contributed by atoms with E-state index in [-0.39, 0.29) is 145 Å². The van der Waals surface area contributed by atoms with Crippen LogP contribution < -0.4 is 21.3 Å². The van der Waals surface area contributed by atoms with Gasteiger partial charge < -0.3 is 60.6 Å². The van der Waals surface area contributed by atoms with Gasteiger partial charge in [0.15, 0.2) is 5.78 Å². The Hall–Kier alpha value is -4.55. The summed E-state index contributed by atoms with van der Waals surface area (Å²) in [5, 5.41) is 47.0. The molecule has 0 unspecified atom stereocenters. The van der Waals surface area contributed by atoms with Crippen LogP contribution >= 0.6 is 11.8 Å². The summed E-state index contributed by atoms with van der Waals surface area (Å²) in [5.41, 5.74) is 0. The number of ether oxygens (including phenoxy) is 4. The lowest BCUT2D eigenvalue weighted by molar-refractivity contribution is -0.145. The molecule has 0 aliphatic heterocycles. The zero-order valence-corrected chi connectivity index (χ0v) is 47.2. The first-order valence-electron chi connectivity index (χ1n) is 28.4. The molecule has 1 rings (SSSR count). The fourth-order valence-electron chi connectivity index (χ4n) is 8.58. The van der Waals surface area contributed by atoms with Gasteiger partial charge in [0.1, 0.15) is 30.8 Å². The Morgan fingerprint density at radius 3 is 1.67 bits per heavy atom. The van der Waals surface area contributed by atoms with Gasteiger partial charge in [-0.15, -0.1) is 0 Å². The maximum atomic E-state index is 13.0. The zero-order chi connectivity index (χ0) is 57.6. The van der Waals surface area contributed by atoms with Crippen LogP contribution in [0.25, 0.3) is 0 Å². The molecule has 1 aliphatic carbocycles. The number of aliphatic hydroxyl groups excluding tert-OH is 1. The largest absolute Gasteiger partial charge is 0.481 e. The van der Waals surface area contributed by atoms with Crippen LogP contribution in [-0.4, -0.2) is 176 Å². The maximum Gasteiger partial charge on any atom is 0.326 e. The van der Waals surface area contributed by atoms with E-state index >= 15 is 0 Å². The number of hydrogen-bond donors (Lipinski definition) is 8. The normalized spacial score (nSPS) is 15.4. The van der Waals surface area contributed by atoms with Crippen molar-refractivity contribution in [1.29, 1.82) is 0 Å². The van der Waals surface area contributed by atoms with Gasteiger partial charge in [0.05, 0.1) is 51.3 Å². The molecule has 1 saturated carbocycles. The first-order valence-corrected chi connectivity index (χ1v) is 29.5. The summed E-state index contributed by atoms with van der Waals surface area (Å²) < 4.78 is 21.5. The molecule has 0 bridgehead atoms. The number of nitrogens with one attached hydrogen (secondary N) is 4. The van der Waals surface area contributed by atoms with Crippen LogP contribution in [0.15, 0.2) is 0 Å². The van der Waals surface area contributed by atoms with Gasteiger partial charge in [-0.2, -0.15) is 11.8 Å². The van der Waals surface area contributed by atoms with Crippen LogP contribution in [0.5, 0.6) is 0 Å². The van der Waals surface area contributed by atoms with E-state index in [0.717, 1.165) is 57.8 Å².